The van der Waals surface area contributed by atoms with Gasteiger partial charge in [-0.15, -0.1) is 0 Å². The topological polar surface area (TPSA) is 3.24 Å². The zero-order chi connectivity index (χ0) is 9.10. The second kappa shape index (κ2) is 4.16. The van der Waals surface area contributed by atoms with E-state index in [1.165, 1.54) is 24.3 Å². The van der Waals surface area contributed by atoms with Gasteiger partial charge in [0, 0.05) is 17.5 Å². The van der Waals surface area contributed by atoms with E-state index >= 15 is 0 Å². The number of hydrogen-bond acceptors (Lipinski definition) is 2. The Hall–Kier alpha value is -0.470. The predicted octanol–water partition coefficient (Wildman–Crippen LogP) is 3.18. The summed E-state index contributed by atoms with van der Waals surface area (Å²) in [6.45, 7) is 3.55. The van der Waals surface area contributed by atoms with Crippen molar-refractivity contribution in [2.24, 2.45) is 0 Å². The molecule has 1 heterocycles. The third-order valence-corrected chi connectivity index (χ3v) is 3.72. The summed E-state index contributed by atoms with van der Waals surface area (Å²) in [5, 5.41) is 0. The maximum atomic E-state index is 2.48. The molecule has 0 N–H and O–H groups in total. The van der Waals surface area contributed by atoms with Crippen molar-refractivity contribution in [2.75, 3.05) is 6.54 Å². The van der Waals surface area contributed by atoms with Gasteiger partial charge < -0.3 is 0 Å². The minimum atomic E-state index is 0.741. The van der Waals surface area contributed by atoms with E-state index in [9.17, 15) is 0 Å². The molecule has 1 aliphatic heterocycles. The van der Waals surface area contributed by atoms with Crippen molar-refractivity contribution in [1.82, 2.24) is 4.31 Å². The summed E-state index contributed by atoms with van der Waals surface area (Å²) in [6, 6.07) is 11.4. The molecule has 1 aliphatic rings. The Morgan fingerprint density at radius 2 is 2.08 bits per heavy atom. The highest BCUT2D eigenvalue weighted by molar-refractivity contribution is 7.97. The molecular weight excluding hydrogens is 178 g/mol. The first kappa shape index (κ1) is 9.10. The van der Waals surface area contributed by atoms with Crippen LogP contribution in [0.4, 0.5) is 0 Å². The molecule has 1 fully saturated rings. The van der Waals surface area contributed by atoms with E-state index in [1.54, 1.807) is 0 Å². The Morgan fingerprint density at radius 3 is 2.69 bits per heavy atom. The van der Waals surface area contributed by atoms with Gasteiger partial charge in [0.15, 0.2) is 0 Å². The molecule has 1 saturated heterocycles. The van der Waals surface area contributed by atoms with Crippen LogP contribution < -0.4 is 0 Å². The van der Waals surface area contributed by atoms with Crippen molar-refractivity contribution in [3.05, 3.63) is 30.3 Å². The molecule has 0 radical (unpaired) electrons. The van der Waals surface area contributed by atoms with Gasteiger partial charge in [-0.05, 0) is 43.8 Å². The number of nitrogens with zero attached hydrogens (tertiary/aromatic N) is 1. The maximum Gasteiger partial charge on any atom is 0.0230 e. The molecule has 0 saturated carbocycles. The molecule has 0 amide bonds. The third kappa shape index (κ3) is 2.26. The molecule has 0 spiro atoms. The smallest absolute Gasteiger partial charge is 0.0230 e. The molecule has 0 unspecified atom stereocenters. The van der Waals surface area contributed by atoms with E-state index in [-0.39, 0.29) is 0 Å². The molecule has 0 bridgehead atoms. The summed E-state index contributed by atoms with van der Waals surface area (Å²) >= 11 is 1.89. The van der Waals surface area contributed by atoms with Crippen LogP contribution in [0.25, 0.3) is 0 Å². The van der Waals surface area contributed by atoms with Crippen LogP contribution in [0.3, 0.4) is 0 Å². The lowest BCUT2D eigenvalue weighted by Gasteiger charge is -2.19. The lowest BCUT2D eigenvalue weighted by Crippen LogP contribution is -2.18. The summed E-state index contributed by atoms with van der Waals surface area (Å²) in [5.41, 5.74) is 0. The predicted molar refractivity (Wildman–Crippen MR) is 57.7 cm³/mol. The first-order chi connectivity index (χ1) is 6.36. The lowest BCUT2D eigenvalue weighted by molar-refractivity contribution is 0.467. The zero-order valence-corrected chi connectivity index (χ0v) is 8.76. The summed E-state index contributed by atoms with van der Waals surface area (Å²) in [5.74, 6) is 0. The average Bonchev–Trinajstić information content (AvgIpc) is 2.54. The summed E-state index contributed by atoms with van der Waals surface area (Å²) in [6.07, 6.45) is 2.70. The number of benzene rings is 1. The van der Waals surface area contributed by atoms with Crippen molar-refractivity contribution in [3.8, 4) is 0 Å². The van der Waals surface area contributed by atoms with Gasteiger partial charge in [-0.25, -0.2) is 4.31 Å². The van der Waals surface area contributed by atoms with Crippen LogP contribution in [0.1, 0.15) is 19.8 Å². The average molecular weight is 193 g/mol. The highest BCUT2D eigenvalue weighted by Crippen LogP contribution is 2.30. The van der Waals surface area contributed by atoms with Crippen molar-refractivity contribution in [2.45, 2.75) is 30.7 Å². The Labute approximate surface area is 84.3 Å². The van der Waals surface area contributed by atoms with Gasteiger partial charge in [0.25, 0.3) is 0 Å². The quantitative estimate of drug-likeness (QED) is 0.664. The van der Waals surface area contributed by atoms with Gasteiger partial charge >= 0.3 is 0 Å². The first-order valence-corrected chi connectivity index (χ1v) is 5.63. The fourth-order valence-corrected chi connectivity index (χ4v) is 2.71. The van der Waals surface area contributed by atoms with E-state index in [4.69, 9.17) is 0 Å². The summed E-state index contributed by atoms with van der Waals surface area (Å²) < 4.78 is 2.48. The van der Waals surface area contributed by atoms with E-state index in [0.29, 0.717) is 0 Å². The fraction of sp³-hybridized carbons (Fsp3) is 0.455. The van der Waals surface area contributed by atoms with Crippen LogP contribution >= 0.6 is 11.9 Å². The molecule has 1 nitrogen and oxygen atoms in total. The molecule has 2 heteroatoms. The van der Waals surface area contributed by atoms with Crippen LogP contribution in [0.15, 0.2) is 35.2 Å². The van der Waals surface area contributed by atoms with Crippen molar-refractivity contribution < 1.29 is 0 Å². The lowest BCUT2D eigenvalue weighted by atomic mass is 10.3. The van der Waals surface area contributed by atoms with Gasteiger partial charge in [-0.1, -0.05) is 18.2 Å². The normalized spacial score (nSPS) is 23.6. The largest absolute Gasteiger partial charge is 0.244 e. The maximum absolute atomic E-state index is 2.48. The molecule has 0 aromatic heterocycles. The van der Waals surface area contributed by atoms with Crippen LogP contribution in [-0.2, 0) is 0 Å². The highest BCUT2D eigenvalue weighted by Gasteiger charge is 2.20. The monoisotopic (exact) mass is 193 g/mol. The minimum Gasteiger partial charge on any atom is -0.244 e. The molecule has 70 valence electrons. The summed E-state index contributed by atoms with van der Waals surface area (Å²) in [4.78, 5) is 1.36. The fourth-order valence-electron chi connectivity index (χ4n) is 1.66. The summed E-state index contributed by atoms with van der Waals surface area (Å²) in [7, 11) is 0. The number of hydrogen-bond donors (Lipinski definition) is 0. The Morgan fingerprint density at radius 1 is 1.31 bits per heavy atom. The van der Waals surface area contributed by atoms with Gasteiger partial charge in [0.2, 0.25) is 0 Å². The van der Waals surface area contributed by atoms with Gasteiger partial charge in [0.05, 0.1) is 0 Å². The van der Waals surface area contributed by atoms with E-state index in [0.717, 1.165) is 6.04 Å². The third-order valence-electron chi connectivity index (χ3n) is 2.46. The second-order valence-corrected chi connectivity index (χ2v) is 4.66. The van der Waals surface area contributed by atoms with Crippen molar-refractivity contribution in [1.29, 1.82) is 0 Å². The Balaban J connectivity index is 1.98. The van der Waals surface area contributed by atoms with Gasteiger partial charge in [0.1, 0.15) is 0 Å². The molecule has 1 atom stereocenters. The highest BCUT2D eigenvalue weighted by atomic mass is 32.2. The van der Waals surface area contributed by atoms with Crippen LogP contribution in [-0.4, -0.2) is 16.9 Å². The SMILES string of the molecule is C[C@@H]1CCCN1Sc1ccccc1. The van der Waals surface area contributed by atoms with Crippen molar-refractivity contribution in [3.63, 3.8) is 0 Å². The van der Waals surface area contributed by atoms with Crippen molar-refractivity contribution >= 4 is 11.9 Å². The van der Waals surface area contributed by atoms with Crippen LogP contribution in [0, 0.1) is 0 Å². The molecule has 1 aromatic rings. The van der Waals surface area contributed by atoms with Crippen LogP contribution in [0.2, 0.25) is 0 Å². The Kier molecular flexibility index (Phi) is 2.91. The number of rotatable bonds is 2. The van der Waals surface area contributed by atoms with Crippen LogP contribution in [0.5, 0.6) is 0 Å². The molecule has 2 rings (SSSR count). The van der Waals surface area contributed by atoms with Gasteiger partial charge in [-0.3, -0.25) is 0 Å². The molecule has 13 heavy (non-hydrogen) atoms. The van der Waals surface area contributed by atoms with E-state index in [1.807, 2.05) is 11.9 Å². The minimum absolute atomic E-state index is 0.741. The molecule has 1 aromatic carbocycles. The molecular formula is C11H15NS. The molecule has 0 aliphatic carbocycles. The standard InChI is InChI=1S/C11H15NS/c1-10-6-5-9-12(10)13-11-7-3-2-4-8-11/h2-4,7-8,10H,5-6,9H2,1H3/t10-/m1/s1. The zero-order valence-electron chi connectivity index (χ0n) is 7.94. The van der Waals surface area contributed by atoms with E-state index < -0.39 is 0 Å². The van der Waals surface area contributed by atoms with Gasteiger partial charge in [-0.2, -0.15) is 0 Å². The van der Waals surface area contributed by atoms with E-state index in [2.05, 4.69) is 41.6 Å². The second-order valence-electron chi connectivity index (χ2n) is 3.54. The Bertz CT molecular complexity index is 260. The first-order valence-electron chi connectivity index (χ1n) is 4.86.